The number of Topliss-reactive ketones (excluding diaryl/α,β-unsaturated/α-hetero) is 2. The van der Waals surface area contributed by atoms with E-state index < -0.39 is 23.7 Å². The van der Waals surface area contributed by atoms with Gasteiger partial charge in [0, 0.05) is 46.8 Å². The van der Waals surface area contributed by atoms with E-state index in [1.54, 1.807) is 48.5 Å². The Bertz CT molecular complexity index is 925. The highest BCUT2D eigenvalue weighted by Crippen LogP contribution is 2.18. The zero-order chi connectivity index (χ0) is 25.7. The second-order valence-electron chi connectivity index (χ2n) is 7.21. The molecule has 0 heterocycles. The van der Waals surface area contributed by atoms with Crippen molar-refractivity contribution in [2.24, 2.45) is 23.5 Å². The molecule has 0 aliphatic carbocycles. The molecule has 2 atom stereocenters. The van der Waals surface area contributed by atoms with Gasteiger partial charge in [-0.25, -0.2) is 11.7 Å². The van der Waals surface area contributed by atoms with Crippen LogP contribution >= 0.6 is 25.3 Å². The summed E-state index contributed by atoms with van der Waals surface area (Å²) in [6.07, 6.45) is 0.0848. The molecule has 10 N–H and O–H groups in total. The van der Waals surface area contributed by atoms with Crippen LogP contribution in [0.2, 0.25) is 0 Å². The molecule has 2 rings (SSSR count). The standard InChI is InChI=1S/2C11H15N3O2S/c2*12-9-4-2-1-3-8(9)10(15)5-7(6-17)11(16)14-13/h2*1-4,7,17H,5-6,12-13H2,(H,14,16). The van der Waals surface area contributed by atoms with Gasteiger partial charge in [0.05, 0.1) is 11.8 Å². The number of hydrogen-bond donors (Lipinski definition) is 8. The van der Waals surface area contributed by atoms with E-state index in [1.807, 2.05) is 10.9 Å². The molecule has 0 aromatic heterocycles. The lowest BCUT2D eigenvalue weighted by Gasteiger charge is -2.12. The van der Waals surface area contributed by atoms with Crippen LogP contribution in [0.3, 0.4) is 0 Å². The monoisotopic (exact) mass is 506 g/mol. The molecule has 0 radical (unpaired) electrons. The molecule has 0 aliphatic heterocycles. The molecule has 0 bridgehead atoms. The maximum absolute atomic E-state index is 11.9. The Hall–Kier alpha value is -3.06. The van der Waals surface area contributed by atoms with Crippen LogP contribution in [0.1, 0.15) is 33.6 Å². The normalized spacial score (nSPS) is 11.9. The Labute approximate surface area is 208 Å². The molecule has 12 heteroatoms. The quantitative estimate of drug-likeness (QED) is 0.0577. The van der Waals surface area contributed by atoms with Crippen molar-refractivity contribution in [1.82, 2.24) is 10.9 Å². The smallest absolute Gasteiger partial charge is 0.238 e. The SMILES string of the molecule is NNC(=O)C(CS)CC(=O)c1ccccc1N.NNC(=O)C(CS)CC(=O)c1ccccc1N. The van der Waals surface area contributed by atoms with E-state index >= 15 is 0 Å². The Kier molecular flexibility index (Phi) is 12.7. The zero-order valence-corrected chi connectivity index (χ0v) is 20.2. The molecule has 2 aromatic carbocycles. The number of carbonyl (C=O) groups excluding carboxylic acids is 4. The summed E-state index contributed by atoms with van der Waals surface area (Å²) in [5.74, 6) is 8.28. The maximum atomic E-state index is 11.9. The lowest BCUT2D eigenvalue weighted by Crippen LogP contribution is -2.37. The molecule has 0 fully saturated rings. The third kappa shape index (κ3) is 8.71. The minimum atomic E-state index is -0.546. The highest BCUT2D eigenvalue weighted by Gasteiger charge is 2.22. The number of para-hydroxylation sites is 2. The summed E-state index contributed by atoms with van der Waals surface area (Å²) >= 11 is 8.04. The largest absolute Gasteiger partial charge is 0.398 e. The van der Waals surface area contributed by atoms with Crippen molar-refractivity contribution in [3.8, 4) is 0 Å². The number of carbonyl (C=O) groups is 4. The topological polar surface area (TPSA) is 196 Å². The van der Waals surface area contributed by atoms with E-state index in [9.17, 15) is 19.2 Å². The Morgan fingerprint density at radius 1 is 0.676 bits per heavy atom. The molecule has 10 nitrogen and oxygen atoms in total. The van der Waals surface area contributed by atoms with Gasteiger partial charge in [0.2, 0.25) is 11.8 Å². The van der Waals surface area contributed by atoms with Gasteiger partial charge in [-0.15, -0.1) is 0 Å². The first-order valence-electron chi connectivity index (χ1n) is 10.2. The number of hydrazine groups is 2. The van der Waals surface area contributed by atoms with Gasteiger partial charge in [-0.1, -0.05) is 24.3 Å². The van der Waals surface area contributed by atoms with E-state index in [4.69, 9.17) is 23.2 Å². The number of anilines is 2. The predicted octanol–water partition coefficient (Wildman–Crippen LogP) is 0.755. The zero-order valence-electron chi connectivity index (χ0n) is 18.4. The van der Waals surface area contributed by atoms with Gasteiger partial charge >= 0.3 is 0 Å². The van der Waals surface area contributed by atoms with Crippen LogP contribution in [0.4, 0.5) is 11.4 Å². The van der Waals surface area contributed by atoms with Gasteiger partial charge in [-0.3, -0.25) is 30.0 Å². The average Bonchev–Trinajstić information content (AvgIpc) is 2.85. The summed E-state index contributed by atoms with van der Waals surface area (Å²) in [5.41, 5.74) is 17.0. The van der Waals surface area contributed by atoms with Gasteiger partial charge in [0.25, 0.3) is 0 Å². The number of nitrogens with two attached hydrogens (primary N) is 4. The number of hydrogen-bond acceptors (Lipinski definition) is 10. The summed E-state index contributed by atoms with van der Waals surface area (Å²) in [6.45, 7) is 0. The molecule has 184 valence electrons. The Morgan fingerprint density at radius 3 is 1.26 bits per heavy atom. The second-order valence-corrected chi connectivity index (χ2v) is 7.94. The van der Waals surface area contributed by atoms with E-state index in [1.165, 1.54) is 0 Å². The highest BCUT2D eigenvalue weighted by molar-refractivity contribution is 7.80. The third-order valence-corrected chi connectivity index (χ3v) is 5.73. The molecular formula is C22H30N6O4S2. The molecule has 0 saturated carbocycles. The van der Waals surface area contributed by atoms with Crippen LogP contribution in [-0.2, 0) is 9.59 Å². The lowest BCUT2D eigenvalue weighted by atomic mass is 9.98. The van der Waals surface area contributed by atoms with Gasteiger partial charge in [0.15, 0.2) is 11.6 Å². The van der Waals surface area contributed by atoms with Crippen LogP contribution in [0.15, 0.2) is 48.5 Å². The first-order chi connectivity index (χ1) is 16.2. The molecule has 34 heavy (non-hydrogen) atoms. The van der Waals surface area contributed by atoms with Crippen LogP contribution in [0, 0.1) is 11.8 Å². The van der Waals surface area contributed by atoms with Crippen LogP contribution < -0.4 is 34.0 Å². The van der Waals surface area contributed by atoms with E-state index in [0.717, 1.165) is 0 Å². The van der Waals surface area contributed by atoms with Crippen LogP contribution in [-0.4, -0.2) is 34.9 Å². The Balaban J connectivity index is 0.000000340. The molecular weight excluding hydrogens is 476 g/mol. The number of benzene rings is 2. The van der Waals surface area contributed by atoms with Gasteiger partial charge < -0.3 is 11.5 Å². The number of nitrogen functional groups attached to an aromatic ring is 2. The summed E-state index contributed by atoms with van der Waals surface area (Å²) in [6, 6.07) is 13.5. The van der Waals surface area contributed by atoms with Crippen molar-refractivity contribution in [2.75, 3.05) is 23.0 Å². The summed E-state index contributed by atoms with van der Waals surface area (Å²) in [7, 11) is 0. The van der Waals surface area contributed by atoms with Crippen molar-refractivity contribution in [1.29, 1.82) is 0 Å². The molecule has 2 amide bonds. The Morgan fingerprint density at radius 2 is 1.00 bits per heavy atom. The minimum absolute atomic E-state index is 0.0424. The molecule has 2 aromatic rings. The highest BCUT2D eigenvalue weighted by atomic mass is 32.1. The van der Waals surface area contributed by atoms with E-state index in [-0.39, 0.29) is 35.9 Å². The lowest BCUT2D eigenvalue weighted by molar-refractivity contribution is -0.125. The number of amides is 2. The van der Waals surface area contributed by atoms with Gasteiger partial charge in [-0.05, 0) is 24.3 Å². The molecule has 0 spiro atoms. The number of thiol groups is 2. The predicted molar refractivity (Wildman–Crippen MR) is 139 cm³/mol. The summed E-state index contributed by atoms with van der Waals surface area (Å²) in [4.78, 5) is 46.5. The van der Waals surface area contributed by atoms with E-state index in [2.05, 4.69) is 25.3 Å². The maximum Gasteiger partial charge on any atom is 0.238 e. The molecule has 2 unspecified atom stereocenters. The van der Waals surface area contributed by atoms with Crippen LogP contribution in [0.25, 0.3) is 0 Å². The van der Waals surface area contributed by atoms with Gasteiger partial charge in [-0.2, -0.15) is 25.3 Å². The molecule has 0 aliphatic rings. The van der Waals surface area contributed by atoms with Crippen molar-refractivity contribution in [2.45, 2.75) is 12.8 Å². The van der Waals surface area contributed by atoms with Crippen molar-refractivity contribution < 1.29 is 19.2 Å². The fraction of sp³-hybridized carbons (Fsp3) is 0.273. The number of nitrogens with one attached hydrogen (secondary N) is 2. The first-order valence-corrected chi connectivity index (χ1v) is 11.4. The third-order valence-electron chi connectivity index (χ3n) is 4.85. The second kappa shape index (κ2) is 15.0. The van der Waals surface area contributed by atoms with Crippen molar-refractivity contribution in [3.05, 3.63) is 59.7 Å². The van der Waals surface area contributed by atoms with Crippen LogP contribution in [0.5, 0.6) is 0 Å². The van der Waals surface area contributed by atoms with Crippen molar-refractivity contribution >= 4 is 60.0 Å². The van der Waals surface area contributed by atoms with Crippen molar-refractivity contribution in [3.63, 3.8) is 0 Å². The summed E-state index contributed by atoms with van der Waals surface area (Å²) < 4.78 is 0. The summed E-state index contributed by atoms with van der Waals surface area (Å²) in [5, 5.41) is 0. The fourth-order valence-corrected chi connectivity index (χ4v) is 3.48. The van der Waals surface area contributed by atoms with E-state index in [0.29, 0.717) is 22.5 Å². The number of rotatable bonds is 10. The van der Waals surface area contributed by atoms with Gasteiger partial charge in [0.1, 0.15) is 0 Å². The number of ketones is 2. The average molecular weight is 507 g/mol. The fourth-order valence-electron chi connectivity index (χ4n) is 2.89. The molecule has 0 saturated heterocycles. The first kappa shape index (κ1) is 29.0. The minimum Gasteiger partial charge on any atom is -0.398 e.